The number of thioether (sulfide) groups is 1. The molecule has 0 amide bonds. The fraction of sp³-hybridized carbons (Fsp3) is 0.222. The second kappa shape index (κ2) is 4.14. The molecule has 1 aromatic carbocycles. The predicted octanol–water partition coefficient (Wildman–Crippen LogP) is 3.92. The first-order valence-corrected chi connectivity index (χ1v) is 5.81. The van der Waals surface area contributed by atoms with Crippen molar-refractivity contribution >= 4 is 33.3 Å². The Kier molecular flexibility index (Phi) is 2.98. The molecule has 0 unspecified atom stereocenters. The van der Waals surface area contributed by atoms with E-state index < -0.39 is 5.51 Å². The lowest BCUT2D eigenvalue weighted by Gasteiger charge is -1.99. The van der Waals surface area contributed by atoms with Gasteiger partial charge in [0.2, 0.25) is 0 Å². The molecular formula is C9H6F3NOS2. The van der Waals surface area contributed by atoms with Crippen molar-refractivity contribution in [1.29, 1.82) is 0 Å². The maximum Gasteiger partial charge on any atom is 0.448 e. The Bertz CT molecular complexity index is 509. The number of thiazole rings is 1. The molecule has 7 heteroatoms. The summed E-state index contributed by atoms with van der Waals surface area (Å²) in [6.45, 7) is 0. The van der Waals surface area contributed by atoms with Crippen LogP contribution in [0.25, 0.3) is 10.2 Å². The third-order valence-corrected chi connectivity index (χ3v) is 3.59. The molecule has 1 aromatic heterocycles. The minimum atomic E-state index is -4.29. The van der Waals surface area contributed by atoms with Crippen LogP contribution >= 0.6 is 23.1 Å². The van der Waals surface area contributed by atoms with Crippen molar-refractivity contribution in [3.63, 3.8) is 0 Å². The van der Waals surface area contributed by atoms with Crippen molar-refractivity contribution in [3.8, 4) is 5.75 Å². The third-order valence-electron chi connectivity index (χ3n) is 1.78. The Morgan fingerprint density at radius 3 is 2.75 bits per heavy atom. The number of nitrogens with zero attached hydrogens (tertiary/aromatic N) is 1. The van der Waals surface area contributed by atoms with Gasteiger partial charge < -0.3 is 4.74 Å². The van der Waals surface area contributed by atoms with E-state index in [1.54, 1.807) is 18.2 Å². The van der Waals surface area contributed by atoms with Crippen LogP contribution in [0, 0.1) is 0 Å². The average Bonchev–Trinajstić information content (AvgIpc) is 2.55. The van der Waals surface area contributed by atoms with Gasteiger partial charge in [0.15, 0.2) is 4.34 Å². The molecule has 0 radical (unpaired) electrons. The highest BCUT2D eigenvalue weighted by Crippen LogP contribution is 2.40. The van der Waals surface area contributed by atoms with Crippen LogP contribution in [0.15, 0.2) is 22.5 Å². The lowest BCUT2D eigenvalue weighted by molar-refractivity contribution is -0.0328. The molecule has 0 spiro atoms. The number of hydrogen-bond donors (Lipinski definition) is 0. The lowest BCUT2D eigenvalue weighted by atomic mass is 10.3. The lowest BCUT2D eigenvalue weighted by Crippen LogP contribution is -1.98. The molecule has 16 heavy (non-hydrogen) atoms. The molecule has 0 N–H and O–H groups in total. The van der Waals surface area contributed by atoms with E-state index in [0.29, 0.717) is 16.0 Å². The van der Waals surface area contributed by atoms with Gasteiger partial charge in [-0.15, -0.1) is 11.3 Å². The van der Waals surface area contributed by atoms with Gasteiger partial charge in [0.1, 0.15) is 5.75 Å². The number of benzene rings is 1. The van der Waals surface area contributed by atoms with E-state index in [9.17, 15) is 13.2 Å². The zero-order valence-electron chi connectivity index (χ0n) is 8.04. The van der Waals surface area contributed by atoms with Crippen molar-refractivity contribution in [3.05, 3.63) is 18.2 Å². The number of fused-ring (bicyclic) bond motifs is 1. The fourth-order valence-corrected chi connectivity index (χ4v) is 2.94. The highest BCUT2D eigenvalue weighted by molar-refractivity contribution is 8.01. The highest BCUT2D eigenvalue weighted by atomic mass is 32.2. The first-order chi connectivity index (χ1) is 7.48. The number of rotatable bonds is 2. The Morgan fingerprint density at radius 2 is 2.12 bits per heavy atom. The van der Waals surface area contributed by atoms with E-state index in [1.807, 2.05) is 0 Å². The maximum atomic E-state index is 12.1. The normalized spacial score (nSPS) is 12.0. The number of halogens is 3. The molecule has 0 aliphatic carbocycles. The molecule has 0 bridgehead atoms. The first-order valence-electron chi connectivity index (χ1n) is 4.18. The summed E-state index contributed by atoms with van der Waals surface area (Å²) in [5.41, 5.74) is -3.74. The molecule has 2 aromatic rings. The highest BCUT2D eigenvalue weighted by Gasteiger charge is 2.31. The van der Waals surface area contributed by atoms with Crippen LogP contribution in [0.3, 0.4) is 0 Å². The molecule has 0 fully saturated rings. The molecule has 86 valence electrons. The summed E-state index contributed by atoms with van der Waals surface area (Å²) >= 11 is 0.812. The minimum absolute atomic E-state index is 0.00393. The SMILES string of the molecule is COc1ccc2nc(SC(F)(F)F)sc2c1. The van der Waals surface area contributed by atoms with Crippen molar-refractivity contribution in [1.82, 2.24) is 4.98 Å². The standard InChI is InChI=1S/C9H6F3NOS2/c1-14-5-2-3-6-7(4-5)15-8(13-6)16-9(10,11)12/h2-4H,1H3. The van der Waals surface area contributed by atoms with Gasteiger partial charge >= 0.3 is 5.51 Å². The summed E-state index contributed by atoms with van der Waals surface area (Å²) in [7, 11) is 1.51. The monoisotopic (exact) mass is 265 g/mol. The van der Waals surface area contributed by atoms with Gasteiger partial charge in [0.05, 0.1) is 17.3 Å². The van der Waals surface area contributed by atoms with Gasteiger partial charge in [-0.05, 0) is 18.2 Å². The van der Waals surface area contributed by atoms with Crippen LogP contribution in [0.5, 0.6) is 5.75 Å². The van der Waals surface area contributed by atoms with Crippen molar-refractivity contribution < 1.29 is 17.9 Å². The summed E-state index contributed by atoms with van der Waals surface area (Å²) in [4.78, 5) is 3.88. The first kappa shape index (κ1) is 11.5. The van der Waals surface area contributed by atoms with Crippen LogP contribution in [-0.2, 0) is 0 Å². The van der Waals surface area contributed by atoms with Crippen molar-refractivity contribution in [2.75, 3.05) is 7.11 Å². The topological polar surface area (TPSA) is 22.1 Å². The van der Waals surface area contributed by atoms with Gasteiger partial charge in [-0.25, -0.2) is 4.98 Å². The predicted molar refractivity (Wildman–Crippen MR) is 58.1 cm³/mol. The Labute approximate surface area is 97.4 Å². The molecule has 1 heterocycles. The van der Waals surface area contributed by atoms with Gasteiger partial charge in [-0.2, -0.15) is 13.2 Å². The molecule has 2 rings (SSSR count). The smallest absolute Gasteiger partial charge is 0.448 e. The van der Waals surface area contributed by atoms with Crippen molar-refractivity contribution in [2.24, 2.45) is 0 Å². The van der Waals surface area contributed by atoms with E-state index in [-0.39, 0.29) is 16.1 Å². The van der Waals surface area contributed by atoms with Crippen LogP contribution in [0.2, 0.25) is 0 Å². The number of methoxy groups -OCH3 is 1. The van der Waals surface area contributed by atoms with Gasteiger partial charge in [0.25, 0.3) is 0 Å². The quantitative estimate of drug-likeness (QED) is 0.768. The second-order valence-corrected chi connectivity index (χ2v) is 5.20. The van der Waals surface area contributed by atoms with E-state index in [0.717, 1.165) is 11.3 Å². The van der Waals surface area contributed by atoms with Crippen LogP contribution < -0.4 is 4.74 Å². The summed E-state index contributed by atoms with van der Waals surface area (Å²) in [5, 5.41) is 0. The summed E-state index contributed by atoms with van der Waals surface area (Å²) in [6.07, 6.45) is 0. The van der Waals surface area contributed by atoms with Crippen LogP contribution in [-0.4, -0.2) is 17.6 Å². The Morgan fingerprint density at radius 1 is 1.38 bits per heavy atom. The maximum absolute atomic E-state index is 12.1. The van der Waals surface area contributed by atoms with Gasteiger partial charge in [-0.1, -0.05) is 0 Å². The van der Waals surface area contributed by atoms with E-state index in [1.165, 1.54) is 7.11 Å². The Hall–Kier alpha value is -0.950. The van der Waals surface area contributed by atoms with Gasteiger partial charge in [-0.3, -0.25) is 0 Å². The number of alkyl halides is 3. The molecule has 2 nitrogen and oxygen atoms in total. The summed E-state index contributed by atoms with van der Waals surface area (Å²) < 4.78 is 42.0. The van der Waals surface area contributed by atoms with E-state index in [4.69, 9.17) is 4.74 Å². The molecule has 0 aliphatic rings. The van der Waals surface area contributed by atoms with Crippen LogP contribution in [0.1, 0.15) is 0 Å². The Balaban J connectivity index is 2.36. The van der Waals surface area contributed by atoms with E-state index >= 15 is 0 Å². The van der Waals surface area contributed by atoms with Crippen molar-refractivity contribution in [2.45, 2.75) is 9.85 Å². The molecular weight excluding hydrogens is 259 g/mol. The third kappa shape index (κ3) is 2.59. The summed E-state index contributed by atoms with van der Waals surface area (Å²) in [6, 6.07) is 4.99. The molecule has 0 atom stereocenters. The van der Waals surface area contributed by atoms with Gasteiger partial charge in [0, 0.05) is 11.8 Å². The average molecular weight is 265 g/mol. The zero-order valence-corrected chi connectivity index (χ0v) is 9.67. The largest absolute Gasteiger partial charge is 0.497 e. The molecule has 0 saturated carbocycles. The molecule has 0 aliphatic heterocycles. The zero-order chi connectivity index (χ0) is 11.8. The van der Waals surface area contributed by atoms with Crippen LogP contribution in [0.4, 0.5) is 13.2 Å². The summed E-state index contributed by atoms with van der Waals surface area (Å²) in [5.74, 6) is 0.611. The number of aromatic nitrogens is 1. The molecule has 0 saturated heterocycles. The van der Waals surface area contributed by atoms with E-state index in [2.05, 4.69) is 4.98 Å². The number of ether oxygens (including phenoxy) is 1. The minimum Gasteiger partial charge on any atom is -0.497 e. The fourth-order valence-electron chi connectivity index (χ4n) is 1.15. The second-order valence-electron chi connectivity index (χ2n) is 2.86. The number of hydrogen-bond acceptors (Lipinski definition) is 4.